The second kappa shape index (κ2) is 40.9. The third-order valence-electron chi connectivity index (χ3n) is 10.8. The number of nitrogens with zero attached hydrogens (tertiary/aromatic N) is 2. The zero-order valence-corrected chi connectivity index (χ0v) is 40.4. The minimum atomic E-state index is -0.280. The lowest BCUT2D eigenvalue weighted by Gasteiger charge is -2.35. The van der Waals surface area contributed by atoms with E-state index in [9.17, 15) is 0 Å². The molecule has 53 heavy (non-hydrogen) atoms. The molecule has 0 rings (SSSR count). The lowest BCUT2D eigenvalue weighted by atomic mass is 9.92. The van der Waals surface area contributed by atoms with Gasteiger partial charge in [0.15, 0.2) is 0 Å². The number of quaternary nitrogens is 2. The molecule has 0 fully saturated rings. The van der Waals surface area contributed by atoms with Crippen LogP contribution >= 0.6 is 0 Å². The van der Waals surface area contributed by atoms with Crippen LogP contribution in [-0.2, 0) is 18.9 Å². The first-order valence-electron chi connectivity index (χ1n) is 22.6. The van der Waals surface area contributed by atoms with Crippen LogP contribution in [0.15, 0.2) is 0 Å². The second-order valence-corrected chi connectivity index (χ2v) is 17.5. The molecule has 0 amide bonds. The number of ether oxygens (including phenoxy) is 4. The van der Waals surface area contributed by atoms with Crippen molar-refractivity contribution in [1.29, 1.82) is 0 Å². The third-order valence-corrected chi connectivity index (χ3v) is 10.8. The summed E-state index contributed by atoms with van der Waals surface area (Å²) in [6, 6.07) is 0. The van der Waals surface area contributed by atoms with E-state index in [4.69, 9.17) is 18.9 Å². The van der Waals surface area contributed by atoms with E-state index in [2.05, 4.69) is 55.9 Å². The molecule has 6 nitrogen and oxygen atoms in total. The number of halogens is 2. The topological polar surface area (TPSA) is 36.9 Å². The molecule has 0 aromatic carbocycles. The van der Waals surface area contributed by atoms with Crippen molar-refractivity contribution in [2.75, 3.05) is 107 Å². The summed E-state index contributed by atoms with van der Waals surface area (Å²) in [6.07, 6.45) is 31.9. The molecule has 8 heteroatoms. The van der Waals surface area contributed by atoms with Crippen molar-refractivity contribution in [3.8, 4) is 0 Å². The number of likely N-dealkylation sites (N-methyl/N-ethyl adjacent to an activating group) is 2. The van der Waals surface area contributed by atoms with Crippen molar-refractivity contribution in [3.05, 3.63) is 0 Å². The highest BCUT2D eigenvalue weighted by Gasteiger charge is 2.33. The van der Waals surface area contributed by atoms with Gasteiger partial charge in [-0.1, -0.05) is 156 Å². The van der Waals surface area contributed by atoms with Crippen molar-refractivity contribution in [2.45, 2.75) is 182 Å². The Balaban J connectivity index is -0.0000125. The monoisotopic (exact) mass is 887 g/mol. The molecular weight excluding hydrogens is 792 g/mol. The average Bonchev–Trinajstić information content (AvgIpc) is 3.11. The highest BCUT2D eigenvalue weighted by molar-refractivity contribution is 4.79. The third kappa shape index (κ3) is 39.3. The largest absolute Gasteiger partial charge is 1.00 e. The van der Waals surface area contributed by atoms with E-state index in [1.807, 2.05) is 0 Å². The molecule has 0 aliphatic carbocycles. The lowest BCUT2D eigenvalue weighted by molar-refractivity contribution is -0.891. The van der Waals surface area contributed by atoms with Crippen molar-refractivity contribution in [2.24, 2.45) is 5.41 Å². The molecule has 0 atom stereocenters. The molecule has 0 aliphatic heterocycles. The Hall–Kier alpha value is 0.720. The normalized spacial score (nSPS) is 12.2. The molecule has 0 saturated heterocycles. The van der Waals surface area contributed by atoms with Gasteiger partial charge < -0.3 is 61.9 Å². The van der Waals surface area contributed by atoms with Crippen molar-refractivity contribution in [1.82, 2.24) is 0 Å². The molecule has 0 bridgehead atoms. The lowest BCUT2D eigenvalue weighted by Crippen LogP contribution is -3.00. The van der Waals surface area contributed by atoms with E-state index in [0.717, 1.165) is 61.3 Å². The van der Waals surface area contributed by atoms with Gasteiger partial charge in [0.2, 0.25) is 0 Å². The van der Waals surface area contributed by atoms with Crippen LogP contribution in [0.4, 0.5) is 0 Å². The van der Waals surface area contributed by atoms with E-state index in [0.29, 0.717) is 26.4 Å². The molecule has 0 aromatic rings. The predicted octanol–water partition coefficient (Wildman–Crippen LogP) is 5.64. The maximum atomic E-state index is 6.52. The highest BCUT2D eigenvalue weighted by atomic mass is 79.9. The highest BCUT2D eigenvalue weighted by Crippen LogP contribution is 2.22. The SMILES string of the molecule is CCCCCCCCCCCCOCC(COCCCCCCCCCCCC)(COCC[N+](C)(C)CCCC)COCC[N+](C)(C)CCCC.[Br-].[Br-]. The molecule has 0 N–H and O–H groups in total. The maximum Gasteiger partial charge on any atom is 0.102 e. The summed E-state index contributed by atoms with van der Waals surface area (Å²) in [5, 5.41) is 0. The van der Waals surface area contributed by atoms with Crippen LogP contribution in [0.3, 0.4) is 0 Å². The number of unbranched alkanes of at least 4 members (excludes halogenated alkanes) is 20. The van der Waals surface area contributed by atoms with Crippen LogP contribution in [0, 0.1) is 5.41 Å². The van der Waals surface area contributed by atoms with Crippen LogP contribution in [-0.4, -0.2) is 116 Å². The molecule has 0 unspecified atom stereocenters. The van der Waals surface area contributed by atoms with Gasteiger partial charge in [-0.2, -0.15) is 0 Å². The van der Waals surface area contributed by atoms with Gasteiger partial charge in [0.25, 0.3) is 0 Å². The van der Waals surface area contributed by atoms with Crippen molar-refractivity contribution in [3.63, 3.8) is 0 Å². The summed E-state index contributed by atoms with van der Waals surface area (Å²) >= 11 is 0. The molecule has 0 radical (unpaired) electrons. The number of hydrogen-bond acceptors (Lipinski definition) is 4. The number of hydrogen-bond donors (Lipinski definition) is 0. The summed E-state index contributed by atoms with van der Waals surface area (Å²) in [6.45, 7) is 19.3. The minimum absolute atomic E-state index is 0. The fraction of sp³-hybridized carbons (Fsp3) is 1.00. The quantitative estimate of drug-likeness (QED) is 0.0588. The average molecular weight is 889 g/mol. The van der Waals surface area contributed by atoms with Crippen molar-refractivity contribution < 1.29 is 61.9 Å². The Morgan fingerprint density at radius 1 is 0.302 bits per heavy atom. The van der Waals surface area contributed by atoms with E-state index >= 15 is 0 Å². The van der Waals surface area contributed by atoms with E-state index in [1.165, 1.54) is 154 Å². The summed E-state index contributed by atoms with van der Waals surface area (Å²) in [5.74, 6) is 0. The van der Waals surface area contributed by atoms with Crippen molar-refractivity contribution >= 4 is 0 Å². The Morgan fingerprint density at radius 2 is 0.547 bits per heavy atom. The van der Waals surface area contributed by atoms with E-state index in [1.54, 1.807) is 0 Å². The molecule has 0 spiro atoms. The fourth-order valence-electron chi connectivity index (χ4n) is 6.81. The van der Waals surface area contributed by atoms with Gasteiger partial charge in [0, 0.05) is 13.2 Å². The van der Waals surface area contributed by atoms with Gasteiger partial charge in [-0.25, -0.2) is 0 Å². The Morgan fingerprint density at radius 3 is 0.830 bits per heavy atom. The van der Waals surface area contributed by atoms with Gasteiger partial charge in [0.1, 0.15) is 13.1 Å². The van der Waals surface area contributed by atoms with Gasteiger partial charge >= 0.3 is 0 Å². The van der Waals surface area contributed by atoms with Gasteiger partial charge in [-0.3, -0.25) is 0 Å². The molecule has 0 heterocycles. The van der Waals surface area contributed by atoms with Crippen LogP contribution < -0.4 is 34.0 Å². The van der Waals surface area contributed by atoms with Crippen LogP contribution in [0.25, 0.3) is 0 Å². The second-order valence-electron chi connectivity index (χ2n) is 17.5. The van der Waals surface area contributed by atoms with Gasteiger partial charge in [0.05, 0.1) is 86.3 Å². The summed E-state index contributed by atoms with van der Waals surface area (Å²) in [7, 11) is 9.33. The van der Waals surface area contributed by atoms with E-state index < -0.39 is 0 Å². The smallest absolute Gasteiger partial charge is 0.102 e. The summed E-state index contributed by atoms with van der Waals surface area (Å²) in [4.78, 5) is 0. The summed E-state index contributed by atoms with van der Waals surface area (Å²) < 4.78 is 28.0. The van der Waals surface area contributed by atoms with Gasteiger partial charge in [-0.15, -0.1) is 0 Å². The Bertz CT molecular complexity index is 656. The molecular formula is C45H96Br2N2O4. The van der Waals surface area contributed by atoms with Crippen LogP contribution in [0.5, 0.6) is 0 Å². The molecule has 0 aromatic heterocycles. The molecule has 0 aliphatic rings. The first-order valence-corrected chi connectivity index (χ1v) is 22.6. The molecule has 0 saturated carbocycles. The minimum Gasteiger partial charge on any atom is -1.00 e. The fourth-order valence-corrected chi connectivity index (χ4v) is 6.81. The Labute approximate surface area is 354 Å². The maximum absolute atomic E-state index is 6.52. The zero-order chi connectivity index (χ0) is 37.8. The Kier molecular flexibility index (Phi) is 44.8. The first-order chi connectivity index (χ1) is 24.7. The predicted molar refractivity (Wildman–Crippen MR) is 223 cm³/mol. The zero-order valence-electron chi connectivity index (χ0n) is 37.2. The number of rotatable bonds is 42. The molecule has 324 valence electrons. The van der Waals surface area contributed by atoms with Crippen LogP contribution in [0.1, 0.15) is 182 Å². The standard InChI is InChI=1S/C45H96N2O4.2BrH/c1-9-13-17-19-21-23-25-27-29-31-37-48-41-45(43-50-39-35-46(5,6)33-15-11-3,44-51-40-36-47(7,8)34-16-12-4)42-49-38-32-30-28-26-24-22-20-18-14-10-2;;/h9-44H2,1-8H3;2*1H/q+2;;/p-2. The van der Waals surface area contributed by atoms with Crippen LogP contribution in [0.2, 0.25) is 0 Å². The first kappa shape index (κ1) is 58.0. The summed E-state index contributed by atoms with van der Waals surface area (Å²) in [5.41, 5.74) is -0.280. The van der Waals surface area contributed by atoms with Gasteiger partial charge in [-0.05, 0) is 25.7 Å². The van der Waals surface area contributed by atoms with E-state index in [-0.39, 0.29) is 39.4 Å².